The topological polar surface area (TPSA) is 41.8 Å². The highest BCUT2D eigenvalue weighted by Gasteiger charge is 2.04. The van der Waals surface area contributed by atoms with Crippen LogP contribution in [0, 0.1) is 13.8 Å². The Bertz CT molecular complexity index is 429. The molecule has 0 fully saturated rings. The molecule has 1 N–H and O–H groups in total. The van der Waals surface area contributed by atoms with Crippen molar-refractivity contribution in [2.75, 3.05) is 6.61 Å². The van der Waals surface area contributed by atoms with E-state index in [9.17, 15) is 0 Å². The number of oxime groups is 1. The van der Waals surface area contributed by atoms with E-state index < -0.39 is 0 Å². The average Bonchev–Trinajstić information content (AvgIpc) is 2.23. The first-order valence-electron chi connectivity index (χ1n) is 4.97. The van der Waals surface area contributed by atoms with Gasteiger partial charge in [0.25, 0.3) is 0 Å². The number of nitrogens with zero attached hydrogens (tertiary/aromatic N) is 1. The molecule has 0 aromatic heterocycles. The van der Waals surface area contributed by atoms with Gasteiger partial charge in [-0.05, 0) is 43.2 Å². The van der Waals surface area contributed by atoms with E-state index in [-0.39, 0.29) is 4.49 Å². The van der Waals surface area contributed by atoms with E-state index in [2.05, 4.69) is 5.16 Å². The Morgan fingerprint density at radius 2 is 1.94 bits per heavy atom. The summed E-state index contributed by atoms with van der Waals surface area (Å²) >= 11 is 10.9. The highest BCUT2D eigenvalue weighted by atomic mass is 35.5. The Labute approximate surface area is 110 Å². The maximum Gasteiger partial charge on any atom is 0.120 e. The van der Waals surface area contributed by atoms with Crippen LogP contribution >= 0.6 is 23.2 Å². The zero-order valence-corrected chi connectivity index (χ0v) is 11.1. The van der Waals surface area contributed by atoms with Crippen LogP contribution < -0.4 is 4.74 Å². The number of benzene rings is 1. The van der Waals surface area contributed by atoms with Crippen LogP contribution in [-0.2, 0) is 0 Å². The van der Waals surface area contributed by atoms with E-state index in [0.29, 0.717) is 6.61 Å². The predicted octanol–water partition coefficient (Wildman–Crippen LogP) is 3.81. The van der Waals surface area contributed by atoms with Crippen molar-refractivity contribution in [3.63, 3.8) is 0 Å². The Kier molecular flexibility index (Phi) is 5.32. The van der Waals surface area contributed by atoms with Crippen LogP contribution in [0.2, 0.25) is 0 Å². The molecule has 0 unspecified atom stereocenters. The lowest BCUT2D eigenvalue weighted by Crippen LogP contribution is -1.98. The molecule has 1 aromatic carbocycles. The molecule has 0 saturated heterocycles. The minimum absolute atomic E-state index is 0.183. The summed E-state index contributed by atoms with van der Waals surface area (Å²) in [7, 11) is 0. The molecule has 0 saturated carbocycles. The smallest absolute Gasteiger partial charge is 0.120 e. The van der Waals surface area contributed by atoms with Crippen LogP contribution in [0.1, 0.15) is 16.7 Å². The van der Waals surface area contributed by atoms with Crippen molar-refractivity contribution in [3.05, 3.63) is 39.4 Å². The first-order chi connectivity index (χ1) is 8.04. The molecule has 0 heterocycles. The summed E-state index contributed by atoms with van der Waals surface area (Å²) in [5.74, 6) is 0.723. The summed E-state index contributed by atoms with van der Waals surface area (Å²) in [5, 5.41) is 11.6. The van der Waals surface area contributed by atoms with E-state index in [4.69, 9.17) is 33.1 Å². The number of hydrogen-bond donors (Lipinski definition) is 1. The van der Waals surface area contributed by atoms with Crippen LogP contribution in [0.25, 0.3) is 0 Å². The fourth-order valence-corrected chi connectivity index (χ4v) is 1.61. The van der Waals surface area contributed by atoms with Crippen molar-refractivity contribution in [2.24, 2.45) is 5.16 Å². The predicted molar refractivity (Wildman–Crippen MR) is 70.6 cm³/mol. The molecule has 0 aliphatic heterocycles. The Balaban J connectivity index is 2.87. The highest BCUT2D eigenvalue weighted by Crippen LogP contribution is 2.21. The van der Waals surface area contributed by atoms with Gasteiger partial charge in [-0.15, -0.1) is 0 Å². The SMILES string of the molecule is Cc1cc(OCC=C(Cl)Cl)cc(C)c1C=NO. The van der Waals surface area contributed by atoms with Crippen molar-refractivity contribution >= 4 is 29.4 Å². The monoisotopic (exact) mass is 273 g/mol. The van der Waals surface area contributed by atoms with E-state index in [1.54, 1.807) is 6.08 Å². The van der Waals surface area contributed by atoms with Crippen molar-refractivity contribution in [2.45, 2.75) is 13.8 Å². The summed E-state index contributed by atoms with van der Waals surface area (Å²) in [6, 6.07) is 3.72. The quantitative estimate of drug-likeness (QED) is 0.515. The molecule has 0 aliphatic rings. The lowest BCUT2D eigenvalue weighted by Gasteiger charge is -2.09. The number of hydrogen-bond acceptors (Lipinski definition) is 3. The molecule has 92 valence electrons. The van der Waals surface area contributed by atoms with E-state index in [0.717, 1.165) is 22.4 Å². The fourth-order valence-electron chi connectivity index (χ4n) is 1.48. The van der Waals surface area contributed by atoms with E-state index in [1.165, 1.54) is 6.21 Å². The van der Waals surface area contributed by atoms with Gasteiger partial charge in [0.05, 0.1) is 6.21 Å². The summed E-state index contributed by atoms with van der Waals surface area (Å²) in [5.41, 5.74) is 2.82. The normalized spacial score (nSPS) is 10.6. The van der Waals surface area contributed by atoms with Gasteiger partial charge in [-0.3, -0.25) is 0 Å². The Morgan fingerprint density at radius 3 is 2.41 bits per heavy atom. The second-order valence-electron chi connectivity index (χ2n) is 3.52. The first-order valence-corrected chi connectivity index (χ1v) is 5.73. The standard InChI is InChI=1S/C12H13Cl2NO2/c1-8-5-10(17-4-3-12(13)14)6-9(2)11(8)7-15-16/h3,5-7,16H,4H2,1-2H3. The molecule has 0 aliphatic carbocycles. The summed E-state index contributed by atoms with van der Waals surface area (Å²) in [6.07, 6.45) is 2.97. The van der Waals surface area contributed by atoms with Gasteiger partial charge < -0.3 is 9.94 Å². The van der Waals surface area contributed by atoms with Crippen molar-refractivity contribution in [1.82, 2.24) is 0 Å². The zero-order chi connectivity index (χ0) is 12.8. The van der Waals surface area contributed by atoms with Crippen molar-refractivity contribution < 1.29 is 9.94 Å². The number of ether oxygens (including phenoxy) is 1. The molecular weight excluding hydrogens is 261 g/mol. The molecule has 1 aromatic rings. The lowest BCUT2D eigenvalue weighted by molar-refractivity contribution is 0.321. The molecular formula is C12H13Cl2NO2. The average molecular weight is 274 g/mol. The third-order valence-electron chi connectivity index (χ3n) is 2.24. The summed E-state index contributed by atoms with van der Waals surface area (Å²) < 4.78 is 5.64. The minimum Gasteiger partial charge on any atom is -0.489 e. The maximum atomic E-state index is 8.54. The largest absolute Gasteiger partial charge is 0.489 e. The second kappa shape index (κ2) is 6.52. The van der Waals surface area contributed by atoms with Gasteiger partial charge in [0.1, 0.15) is 16.8 Å². The Hall–Kier alpha value is -1.19. The molecule has 5 heteroatoms. The second-order valence-corrected chi connectivity index (χ2v) is 4.53. The third kappa shape index (κ3) is 4.29. The van der Waals surface area contributed by atoms with Gasteiger partial charge in [0, 0.05) is 5.56 Å². The van der Waals surface area contributed by atoms with Crippen molar-refractivity contribution in [3.8, 4) is 5.75 Å². The van der Waals surface area contributed by atoms with Gasteiger partial charge in [-0.25, -0.2) is 0 Å². The number of rotatable bonds is 4. The van der Waals surface area contributed by atoms with Gasteiger partial charge in [-0.2, -0.15) is 0 Å². The Morgan fingerprint density at radius 1 is 1.35 bits per heavy atom. The summed E-state index contributed by atoms with van der Waals surface area (Å²) in [6.45, 7) is 4.15. The molecule has 1 rings (SSSR count). The molecule has 0 spiro atoms. The highest BCUT2D eigenvalue weighted by molar-refractivity contribution is 6.55. The lowest BCUT2D eigenvalue weighted by atomic mass is 10.0. The van der Waals surface area contributed by atoms with Crippen LogP contribution in [0.4, 0.5) is 0 Å². The third-order valence-corrected chi connectivity index (χ3v) is 2.55. The van der Waals surface area contributed by atoms with Crippen LogP contribution in [0.5, 0.6) is 5.75 Å². The first kappa shape index (κ1) is 13.9. The minimum atomic E-state index is 0.183. The number of aryl methyl sites for hydroxylation is 2. The molecule has 3 nitrogen and oxygen atoms in total. The molecule has 0 radical (unpaired) electrons. The van der Waals surface area contributed by atoms with Crippen LogP contribution in [0.3, 0.4) is 0 Å². The molecule has 17 heavy (non-hydrogen) atoms. The van der Waals surface area contributed by atoms with Gasteiger partial charge in [0.15, 0.2) is 0 Å². The number of halogens is 2. The zero-order valence-electron chi connectivity index (χ0n) is 9.58. The van der Waals surface area contributed by atoms with Crippen LogP contribution in [-0.4, -0.2) is 18.0 Å². The van der Waals surface area contributed by atoms with E-state index >= 15 is 0 Å². The van der Waals surface area contributed by atoms with Gasteiger partial charge in [-0.1, -0.05) is 28.4 Å². The molecule has 0 atom stereocenters. The maximum absolute atomic E-state index is 8.54. The van der Waals surface area contributed by atoms with E-state index in [1.807, 2.05) is 26.0 Å². The van der Waals surface area contributed by atoms with Crippen LogP contribution in [0.15, 0.2) is 27.9 Å². The van der Waals surface area contributed by atoms with Gasteiger partial charge >= 0.3 is 0 Å². The molecule has 0 amide bonds. The fraction of sp³-hybridized carbons (Fsp3) is 0.250. The summed E-state index contributed by atoms with van der Waals surface area (Å²) in [4.78, 5) is 0. The molecule has 0 bridgehead atoms. The van der Waals surface area contributed by atoms with Crippen molar-refractivity contribution in [1.29, 1.82) is 0 Å². The van der Waals surface area contributed by atoms with Gasteiger partial charge in [0.2, 0.25) is 0 Å².